The Morgan fingerprint density at radius 3 is 2.41 bits per heavy atom. The van der Waals surface area contributed by atoms with Crippen LogP contribution < -0.4 is 16.4 Å². The number of carboxylic acids is 1. The number of carbonyl (C=O) groups excluding carboxylic acids is 2. The highest BCUT2D eigenvalue weighted by molar-refractivity contribution is 7.99. The zero-order chi connectivity index (χ0) is 13.4. The second-order valence-corrected chi connectivity index (χ2v) is 4.74. The first kappa shape index (κ1) is 15.6. The molecule has 8 heteroatoms. The smallest absolute Gasteiger partial charge is 0.326 e. The Hall–Kier alpha value is -1.44. The molecule has 7 nitrogen and oxygen atoms in total. The van der Waals surface area contributed by atoms with Crippen LogP contribution in [0, 0.1) is 0 Å². The van der Waals surface area contributed by atoms with Crippen molar-refractivity contribution in [2.45, 2.75) is 24.6 Å². The van der Waals surface area contributed by atoms with Gasteiger partial charge < -0.3 is 21.5 Å². The molecule has 0 bridgehead atoms. The van der Waals surface area contributed by atoms with Crippen LogP contribution in [-0.2, 0) is 9.59 Å². The van der Waals surface area contributed by atoms with Crippen LogP contribution in [0.15, 0.2) is 0 Å². The van der Waals surface area contributed by atoms with Crippen molar-refractivity contribution in [1.82, 2.24) is 10.6 Å². The van der Waals surface area contributed by atoms with Crippen molar-refractivity contribution >= 4 is 29.7 Å². The van der Waals surface area contributed by atoms with Gasteiger partial charge in [-0.2, -0.15) is 11.8 Å². The minimum Gasteiger partial charge on any atom is -0.480 e. The Bertz CT molecular complexity index is 298. The molecule has 0 rings (SSSR count). The second kappa shape index (κ2) is 7.77. The van der Waals surface area contributed by atoms with Crippen LogP contribution in [0.2, 0.25) is 0 Å². The maximum absolute atomic E-state index is 11.3. The fourth-order valence-electron chi connectivity index (χ4n) is 0.930. The van der Waals surface area contributed by atoms with Gasteiger partial charge in [0.05, 0.1) is 6.42 Å². The number of amides is 3. The summed E-state index contributed by atoms with van der Waals surface area (Å²) in [5.74, 6) is -2.08. The molecule has 0 aromatic heterocycles. The number of thioether (sulfide) groups is 1. The predicted molar refractivity (Wildman–Crippen MR) is 64.7 cm³/mol. The number of nitrogens with one attached hydrogen (secondary N) is 2. The molecule has 0 spiro atoms. The van der Waals surface area contributed by atoms with E-state index in [9.17, 15) is 14.4 Å². The summed E-state index contributed by atoms with van der Waals surface area (Å²) in [6.45, 7) is 2.33. The molecule has 0 fully saturated rings. The zero-order valence-corrected chi connectivity index (χ0v) is 10.5. The van der Waals surface area contributed by atoms with E-state index in [0.29, 0.717) is 6.54 Å². The molecule has 1 unspecified atom stereocenters. The van der Waals surface area contributed by atoms with Crippen LogP contribution in [-0.4, -0.2) is 47.1 Å². The van der Waals surface area contributed by atoms with Crippen molar-refractivity contribution in [3.05, 3.63) is 0 Å². The number of primary amides is 1. The standard InChI is InChI=1S/C9H17N3O4S/c1-5(17-2)4-11-9(16)12-6(8(14)15)3-7(10)13/h5-6H,3-4H2,1-2H3,(H2,10,13)(H,14,15)(H2,11,12,16)/t5?,6-/m0/s1. The van der Waals surface area contributed by atoms with Gasteiger partial charge in [-0.1, -0.05) is 6.92 Å². The fourth-order valence-corrected chi connectivity index (χ4v) is 1.18. The summed E-state index contributed by atoms with van der Waals surface area (Å²) in [4.78, 5) is 32.6. The number of carboxylic acid groups (broad SMARTS) is 1. The number of aliphatic carboxylic acids is 1. The number of rotatable bonds is 7. The summed E-state index contributed by atoms with van der Waals surface area (Å²) in [5, 5.41) is 13.6. The molecule has 98 valence electrons. The largest absolute Gasteiger partial charge is 0.480 e. The third-order valence-electron chi connectivity index (χ3n) is 1.96. The maximum Gasteiger partial charge on any atom is 0.326 e. The molecule has 0 aliphatic carbocycles. The summed E-state index contributed by atoms with van der Waals surface area (Å²) in [6.07, 6.45) is 1.47. The second-order valence-electron chi connectivity index (χ2n) is 3.46. The highest BCUT2D eigenvalue weighted by Gasteiger charge is 2.21. The van der Waals surface area contributed by atoms with Crippen LogP contribution in [0.4, 0.5) is 4.79 Å². The van der Waals surface area contributed by atoms with Gasteiger partial charge in [0.25, 0.3) is 0 Å². The van der Waals surface area contributed by atoms with E-state index < -0.39 is 30.4 Å². The van der Waals surface area contributed by atoms with Gasteiger partial charge in [-0.25, -0.2) is 9.59 Å². The lowest BCUT2D eigenvalue weighted by Gasteiger charge is -2.15. The van der Waals surface area contributed by atoms with E-state index in [1.165, 1.54) is 0 Å². The molecule has 0 aliphatic rings. The zero-order valence-electron chi connectivity index (χ0n) is 9.73. The van der Waals surface area contributed by atoms with Crippen molar-refractivity contribution < 1.29 is 19.5 Å². The Morgan fingerprint density at radius 1 is 1.41 bits per heavy atom. The molecular formula is C9H17N3O4S. The predicted octanol–water partition coefficient (Wildman–Crippen LogP) is -0.634. The minimum absolute atomic E-state index is 0.222. The Labute approximate surface area is 104 Å². The lowest BCUT2D eigenvalue weighted by Crippen LogP contribution is -2.48. The molecule has 0 aromatic rings. The molecular weight excluding hydrogens is 246 g/mol. The average molecular weight is 263 g/mol. The lowest BCUT2D eigenvalue weighted by atomic mass is 10.2. The van der Waals surface area contributed by atoms with Crippen molar-refractivity contribution in [3.8, 4) is 0 Å². The molecule has 0 radical (unpaired) electrons. The third-order valence-corrected chi connectivity index (χ3v) is 2.93. The monoisotopic (exact) mass is 263 g/mol. The van der Waals surface area contributed by atoms with E-state index >= 15 is 0 Å². The number of nitrogens with two attached hydrogens (primary N) is 1. The Morgan fingerprint density at radius 2 is 2.00 bits per heavy atom. The van der Waals surface area contributed by atoms with Crippen LogP contribution >= 0.6 is 11.8 Å². The summed E-state index contributed by atoms with van der Waals surface area (Å²) in [6, 6.07) is -1.92. The Kier molecular flexibility index (Phi) is 7.11. The molecule has 0 saturated heterocycles. The Balaban J connectivity index is 4.13. The van der Waals surface area contributed by atoms with E-state index in [0.717, 1.165) is 0 Å². The molecule has 0 saturated carbocycles. The highest BCUT2D eigenvalue weighted by atomic mass is 32.2. The van der Waals surface area contributed by atoms with Gasteiger partial charge in [0.2, 0.25) is 5.91 Å². The van der Waals surface area contributed by atoms with E-state index in [-0.39, 0.29) is 5.25 Å². The summed E-state index contributed by atoms with van der Waals surface area (Å²) >= 11 is 1.57. The molecule has 0 heterocycles. The quantitative estimate of drug-likeness (QED) is 0.487. The molecule has 0 aliphatic heterocycles. The molecule has 3 amide bonds. The molecule has 17 heavy (non-hydrogen) atoms. The minimum atomic E-state index is -1.29. The van der Waals surface area contributed by atoms with Gasteiger partial charge in [0, 0.05) is 11.8 Å². The topological polar surface area (TPSA) is 122 Å². The van der Waals surface area contributed by atoms with Gasteiger partial charge in [-0.05, 0) is 6.26 Å². The van der Waals surface area contributed by atoms with Gasteiger partial charge in [-0.3, -0.25) is 4.79 Å². The maximum atomic E-state index is 11.3. The van der Waals surface area contributed by atoms with Gasteiger partial charge >= 0.3 is 12.0 Å². The van der Waals surface area contributed by atoms with Crippen LogP contribution in [0.1, 0.15) is 13.3 Å². The van der Waals surface area contributed by atoms with Crippen molar-refractivity contribution in [1.29, 1.82) is 0 Å². The van der Waals surface area contributed by atoms with Crippen LogP contribution in [0.25, 0.3) is 0 Å². The van der Waals surface area contributed by atoms with Crippen LogP contribution in [0.3, 0.4) is 0 Å². The SMILES string of the molecule is CSC(C)CNC(=O)N[C@@H](CC(N)=O)C(=O)O. The van der Waals surface area contributed by atoms with E-state index in [4.69, 9.17) is 10.8 Å². The van der Waals surface area contributed by atoms with Gasteiger partial charge in [0.1, 0.15) is 6.04 Å². The first-order chi connectivity index (χ1) is 7.86. The van der Waals surface area contributed by atoms with Gasteiger partial charge in [0.15, 0.2) is 0 Å². The number of carbonyl (C=O) groups is 3. The van der Waals surface area contributed by atoms with Crippen molar-refractivity contribution in [3.63, 3.8) is 0 Å². The first-order valence-electron chi connectivity index (χ1n) is 4.95. The normalized spacial score (nSPS) is 13.5. The van der Waals surface area contributed by atoms with E-state index in [1.54, 1.807) is 11.8 Å². The summed E-state index contributed by atoms with van der Waals surface area (Å²) in [7, 11) is 0. The lowest BCUT2D eigenvalue weighted by molar-refractivity contribution is -0.140. The number of hydrogen-bond donors (Lipinski definition) is 4. The van der Waals surface area contributed by atoms with Crippen LogP contribution in [0.5, 0.6) is 0 Å². The first-order valence-corrected chi connectivity index (χ1v) is 6.23. The average Bonchev–Trinajstić information content (AvgIpc) is 2.24. The fraction of sp³-hybridized carbons (Fsp3) is 0.667. The van der Waals surface area contributed by atoms with E-state index in [2.05, 4.69) is 10.6 Å². The van der Waals surface area contributed by atoms with Gasteiger partial charge in [-0.15, -0.1) is 0 Å². The van der Waals surface area contributed by atoms with E-state index in [1.807, 2.05) is 13.2 Å². The molecule has 2 atom stereocenters. The molecule has 0 aromatic carbocycles. The highest BCUT2D eigenvalue weighted by Crippen LogP contribution is 2.02. The molecule has 5 N–H and O–H groups in total. The van der Waals surface area contributed by atoms with Crippen molar-refractivity contribution in [2.24, 2.45) is 5.73 Å². The number of urea groups is 1. The van der Waals surface area contributed by atoms with Crippen molar-refractivity contribution in [2.75, 3.05) is 12.8 Å². The summed E-state index contributed by atoms with van der Waals surface area (Å²) in [5.41, 5.74) is 4.87. The number of hydrogen-bond acceptors (Lipinski definition) is 4. The summed E-state index contributed by atoms with van der Waals surface area (Å²) < 4.78 is 0. The third kappa shape index (κ3) is 7.45.